The quantitative estimate of drug-likeness (QED) is 0.771. The van der Waals surface area contributed by atoms with E-state index in [0.29, 0.717) is 6.54 Å². The maximum Gasteiger partial charge on any atom is 0.0868 e. The maximum atomic E-state index is 6.38. The van der Waals surface area contributed by atoms with Crippen LogP contribution in [0.2, 0.25) is 5.02 Å². The molecule has 1 aromatic carbocycles. The number of hydrogen-bond donors (Lipinski definition) is 1. The van der Waals surface area contributed by atoms with Gasteiger partial charge in [0.05, 0.1) is 23.0 Å². The smallest absolute Gasteiger partial charge is 0.0868 e. The van der Waals surface area contributed by atoms with Gasteiger partial charge in [-0.25, -0.2) is 0 Å². The van der Waals surface area contributed by atoms with Gasteiger partial charge in [-0.05, 0) is 54.1 Å². The van der Waals surface area contributed by atoms with Crippen molar-refractivity contribution in [2.75, 3.05) is 5.32 Å². The monoisotopic (exact) mass is 389 g/mol. The van der Waals surface area contributed by atoms with Gasteiger partial charge in [0.2, 0.25) is 0 Å². The first-order valence-electron chi connectivity index (χ1n) is 6.39. The predicted octanol–water partition coefficient (Wildman–Crippen LogP) is 4.34. The molecule has 0 unspecified atom stereocenters. The van der Waals surface area contributed by atoms with Crippen LogP contribution >= 0.6 is 34.2 Å². The Kier molecular flexibility index (Phi) is 5.10. The Morgan fingerprint density at radius 3 is 2.79 bits per heavy atom. The fraction of sp³-hybridized carbons (Fsp3) is 0.357. The van der Waals surface area contributed by atoms with Crippen LogP contribution in [0.3, 0.4) is 0 Å². The van der Waals surface area contributed by atoms with E-state index >= 15 is 0 Å². The summed E-state index contributed by atoms with van der Waals surface area (Å²) in [6, 6.07) is 8.29. The summed E-state index contributed by atoms with van der Waals surface area (Å²) in [5.74, 6) is 0. The van der Waals surface area contributed by atoms with Gasteiger partial charge in [0, 0.05) is 15.8 Å². The molecule has 0 aliphatic carbocycles. The molecule has 2 aromatic rings. The fourth-order valence-electron chi connectivity index (χ4n) is 1.97. The molecule has 0 saturated carbocycles. The summed E-state index contributed by atoms with van der Waals surface area (Å²) in [5.41, 5.74) is 3.13. The number of anilines is 1. The molecule has 0 bridgehead atoms. The predicted molar refractivity (Wildman–Crippen MR) is 88.8 cm³/mol. The highest BCUT2D eigenvalue weighted by atomic mass is 127. The highest BCUT2D eigenvalue weighted by Gasteiger charge is 2.13. The van der Waals surface area contributed by atoms with Crippen molar-refractivity contribution in [2.24, 2.45) is 0 Å². The zero-order valence-corrected chi connectivity index (χ0v) is 14.0. The average molecular weight is 390 g/mol. The molecule has 1 N–H and O–H groups in total. The second kappa shape index (κ2) is 6.61. The van der Waals surface area contributed by atoms with Crippen molar-refractivity contribution in [1.29, 1.82) is 0 Å². The molecule has 19 heavy (non-hydrogen) atoms. The highest BCUT2D eigenvalue weighted by Crippen LogP contribution is 2.23. The third-order valence-corrected chi connectivity index (χ3v) is 4.09. The van der Waals surface area contributed by atoms with Gasteiger partial charge in [0.1, 0.15) is 0 Å². The molecule has 0 radical (unpaired) electrons. The molecule has 0 aliphatic rings. The molecule has 5 heteroatoms. The molecule has 0 saturated heterocycles. The Bertz CT molecular complexity index is 566. The summed E-state index contributed by atoms with van der Waals surface area (Å²) in [5, 5.41) is 8.72. The standard InChI is InChI=1S/C14H17ClIN3/c1-3-12-14(15)13(19(4-2)18-12)9-17-11-7-5-6-10(16)8-11/h5-8,17H,3-4,9H2,1-2H3. The molecular formula is C14H17ClIN3. The van der Waals surface area contributed by atoms with Crippen LogP contribution in [0, 0.1) is 3.57 Å². The van der Waals surface area contributed by atoms with E-state index in [9.17, 15) is 0 Å². The highest BCUT2D eigenvalue weighted by molar-refractivity contribution is 14.1. The van der Waals surface area contributed by atoms with Crippen LogP contribution in [0.4, 0.5) is 5.69 Å². The average Bonchev–Trinajstić information content (AvgIpc) is 2.72. The van der Waals surface area contributed by atoms with Crippen LogP contribution in [0.15, 0.2) is 24.3 Å². The van der Waals surface area contributed by atoms with Crippen LogP contribution in [0.1, 0.15) is 25.2 Å². The van der Waals surface area contributed by atoms with E-state index in [1.54, 1.807) is 0 Å². The van der Waals surface area contributed by atoms with Crippen molar-refractivity contribution >= 4 is 39.9 Å². The number of aromatic nitrogens is 2. The van der Waals surface area contributed by atoms with Crippen LogP contribution in [-0.2, 0) is 19.5 Å². The third kappa shape index (κ3) is 3.42. The Hall–Kier alpha value is -0.750. The number of hydrogen-bond acceptors (Lipinski definition) is 2. The summed E-state index contributed by atoms with van der Waals surface area (Å²) in [6.45, 7) is 5.69. The van der Waals surface area contributed by atoms with E-state index in [4.69, 9.17) is 11.6 Å². The molecule has 0 amide bonds. The van der Waals surface area contributed by atoms with Crippen molar-refractivity contribution in [3.63, 3.8) is 0 Å². The molecule has 1 heterocycles. The molecule has 0 aliphatic heterocycles. The van der Waals surface area contributed by atoms with Gasteiger partial charge >= 0.3 is 0 Å². The second-order valence-electron chi connectivity index (χ2n) is 4.24. The van der Waals surface area contributed by atoms with Crippen molar-refractivity contribution < 1.29 is 0 Å². The molecule has 0 atom stereocenters. The lowest BCUT2D eigenvalue weighted by Crippen LogP contribution is -2.08. The molecule has 102 valence electrons. The zero-order chi connectivity index (χ0) is 13.8. The van der Waals surface area contributed by atoms with Gasteiger partial charge in [-0.15, -0.1) is 0 Å². The minimum Gasteiger partial charge on any atom is -0.379 e. The van der Waals surface area contributed by atoms with E-state index in [2.05, 4.69) is 65.1 Å². The van der Waals surface area contributed by atoms with Crippen LogP contribution < -0.4 is 5.32 Å². The molecule has 0 spiro atoms. The Labute approximate surface area is 132 Å². The fourth-order valence-corrected chi connectivity index (χ4v) is 2.85. The lowest BCUT2D eigenvalue weighted by atomic mass is 10.3. The summed E-state index contributed by atoms with van der Waals surface area (Å²) < 4.78 is 3.19. The minimum atomic E-state index is 0.694. The van der Waals surface area contributed by atoms with E-state index in [-0.39, 0.29) is 0 Å². The van der Waals surface area contributed by atoms with Gasteiger partial charge in [-0.3, -0.25) is 4.68 Å². The summed E-state index contributed by atoms with van der Waals surface area (Å²) in [6.07, 6.45) is 0.863. The Balaban J connectivity index is 2.17. The SMILES string of the molecule is CCc1nn(CC)c(CNc2cccc(I)c2)c1Cl. The number of rotatable bonds is 5. The van der Waals surface area contributed by atoms with Gasteiger partial charge in [0.15, 0.2) is 0 Å². The number of nitrogens with one attached hydrogen (secondary N) is 1. The summed E-state index contributed by atoms with van der Waals surface area (Å²) in [7, 11) is 0. The van der Waals surface area contributed by atoms with Gasteiger partial charge < -0.3 is 5.32 Å². The number of nitrogens with zero attached hydrogens (tertiary/aromatic N) is 2. The first-order chi connectivity index (χ1) is 9.15. The van der Waals surface area contributed by atoms with Crippen LogP contribution in [0.25, 0.3) is 0 Å². The minimum absolute atomic E-state index is 0.694. The largest absolute Gasteiger partial charge is 0.379 e. The van der Waals surface area contributed by atoms with E-state index in [0.717, 1.165) is 35.1 Å². The molecular weight excluding hydrogens is 373 g/mol. The Morgan fingerprint density at radius 1 is 1.37 bits per heavy atom. The summed E-state index contributed by atoms with van der Waals surface area (Å²) in [4.78, 5) is 0. The number of halogens is 2. The molecule has 1 aromatic heterocycles. The summed E-state index contributed by atoms with van der Waals surface area (Å²) >= 11 is 8.69. The maximum absolute atomic E-state index is 6.38. The lowest BCUT2D eigenvalue weighted by Gasteiger charge is -2.09. The van der Waals surface area contributed by atoms with Gasteiger partial charge in [-0.2, -0.15) is 5.10 Å². The van der Waals surface area contributed by atoms with Crippen molar-refractivity contribution in [1.82, 2.24) is 9.78 Å². The zero-order valence-electron chi connectivity index (χ0n) is 11.1. The van der Waals surface area contributed by atoms with Gasteiger partial charge in [-0.1, -0.05) is 24.6 Å². The third-order valence-electron chi connectivity index (χ3n) is 2.98. The number of aryl methyl sites for hydroxylation is 2. The van der Waals surface area contributed by atoms with Crippen molar-refractivity contribution in [2.45, 2.75) is 33.4 Å². The van der Waals surface area contributed by atoms with Crippen LogP contribution in [0.5, 0.6) is 0 Å². The topological polar surface area (TPSA) is 29.9 Å². The first-order valence-corrected chi connectivity index (χ1v) is 7.84. The van der Waals surface area contributed by atoms with E-state index in [1.807, 2.05) is 10.7 Å². The first kappa shape index (κ1) is 14.7. The van der Waals surface area contributed by atoms with Crippen molar-refractivity contribution in [3.8, 4) is 0 Å². The van der Waals surface area contributed by atoms with Crippen LogP contribution in [-0.4, -0.2) is 9.78 Å². The second-order valence-corrected chi connectivity index (χ2v) is 5.86. The van der Waals surface area contributed by atoms with Gasteiger partial charge in [0.25, 0.3) is 0 Å². The molecule has 3 nitrogen and oxygen atoms in total. The molecule has 2 rings (SSSR count). The van der Waals surface area contributed by atoms with E-state index < -0.39 is 0 Å². The number of benzene rings is 1. The van der Waals surface area contributed by atoms with Crippen molar-refractivity contribution in [3.05, 3.63) is 44.2 Å². The molecule has 0 fully saturated rings. The Morgan fingerprint density at radius 2 is 2.16 bits per heavy atom. The lowest BCUT2D eigenvalue weighted by molar-refractivity contribution is 0.619. The van der Waals surface area contributed by atoms with E-state index in [1.165, 1.54) is 3.57 Å². The normalized spacial score (nSPS) is 10.7.